The van der Waals surface area contributed by atoms with Crippen molar-refractivity contribution < 1.29 is 4.74 Å². The van der Waals surface area contributed by atoms with Crippen LogP contribution in [0.15, 0.2) is 24.3 Å². The minimum atomic E-state index is -0.859. The SMILES string of the molecule is C[OH+]c1cccc[c]1[Al]([CH2]C(C)C)[CH2]C(C)C. The second-order valence-electron chi connectivity index (χ2n) is 5.74. The largest absolute Gasteiger partial charge is 0.585 e. The summed E-state index contributed by atoms with van der Waals surface area (Å²) in [5.74, 6) is 2.83. The first-order valence-electron chi connectivity index (χ1n) is 6.73. The molecule has 94 valence electrons. The van der Waals surface area contributed by atoms with Gasteiger partial charge in [-0.1, -0.05) is 68.3 Å². The maximum atomic E-state index is 4.44. The lowest BCUT2D eigenvalue weighted by Crippen LogP contribution is -2.33. The lowest BCUT2D eigenvalue weighted by molar-refractivity contribution is 0.138. The van der Waals surface area contributed by atoms with Crippen LogP contribution in [0.1, 0.15) is 27.7 Å². The fourth-order valence-corrected chi connectivity index (χ4v) is 6.53. The Morgan fingerprint density at radius 2 is 1.53 bits per heavy atom. The Morgan fingerprint density at radius 3 is 2.00 bits per heavy atom. The van der Waals surface area contributed by atoms with Crippen LogP contribution in [-0.4, -0.2) is 26.0 Å². The van der Waals surface area contributed by atoms with E-state index in [2.05, 4.69) is 56.7 Å². The third kappa shape index (κ3) is 4.74. The Balaban J connectivity index is 2.94. The van der Waals surface area contributed by atoms with Gasteiger partial charge in [0.25, 0.3) is 0 Å². The van der Waals surface area contributed by atoms with E-state index in [0.717, 1.165) is 11.8 Å². The van der Waals surface area contributed by atoms with Gasteiger partial charge in [0.1, 0.15) is 0 Å². The minimum Gasteiger partial charge on any atom is -0.585 e. The highest BCUT2D eigenvalue weighted by Gasteiger charge is 2.26. The monoisotopic (exact) mass is 249 g/mol. The quantitative estimate of drug-likeness (QED) is 0.540. The molecule has 0 saturated heterocycles. The van der Waals surface area contributed by atoms with Crippen molar-refractivity contribution in [2.24, 2.45) is 11.8 Å². The smallest absolute Gasteiger partial charge is 0.321 e. The Morgan fingerprint density at radius 1 is 1.00 bits per heavy atom. The summed E-state index contributed by atoms with van der Waals surface area (Å²) >= 11 is -0.859. The van der Waals surface area contributed by atoms with Crippen LogP contribution in [0, 0.1) is 11.8 Å². The first-order valence-corrected chi connectivity index (χ1v) is 8.94. The van der Waals surface area contributed by atoms with E-state index < -0.39 is 14.1 Å². The van der Waals surface area contributed by atoms with Gasteiger partial charge >= 0.3 is 14.1 Å². The van der Waals surface area contributed by atoms with E-state index in [1.54, 1.807) is 4.43 Å². The molecule has 0 spiro atoms. The maximum Gasteiger partial charge on any atom is 0.321 e. The number of para-hydroxylation sites is 1. The number of hydrogen-bond acceptors (Lipinski definition) is 0. The zero-order valence-electron chi connectivity index (χ0n) is 11.9. The molecule has 0 aliphatic carbocycles. The van der Waals surface area contributed by atoms with Crippen molar-refractivity contribution in [2.75, 3.05) is 7.11 Å². The summed E-state index contributed by atoms with van der Waals surface area (Å²) in [5.41, 5.74) is 0. The summed E-state index contributed by atoms with van der Waals surface area (Å²) in [4.78, 5) is 0. The van der Waals surface area contributed by atoms with E-state index >= 15 is 0 Å². The van der Waals surface area contributed by atoms with E-state index in [1.807, 2.05) is 7.11 Å². The van der Waals surface area contributed by atoms with Gasteiger partial charge in [-0.3, -0.25) is 0 Å². The van der Waals surface area contributed by atoms with Crippen molar-refractivity contribution >= 4 is 18.6 Å². The molecule has 1 aromatic carbocycles. The molecule has 0 atom stereocenters. The molecule has 1 rings (SSSR count). The van der Waals surface area contributed by atoms with Crippen molar-refractivity contribution in [2.45, 2.75) is 38.3 Å². The molecule has 0 heterocycles. The first-order chi connectivity index (χ1) is 8.04. The molecule has 0 aliphatic rings. The van der Waals surface area contributed by atoms with Crippen molar-refractivity contribution in [1.82, 2.24) is 0 Å². The van der Waals surface area contributed by atoms with Gasteiger partial charge in [-0.2, -0.15) is 0 Å². The lowest BCUT2D eigenvalue weighted by atomic mass is 10.3. The number of benzene rings is 1. The number of aliphatic hydroxyl groups is 1. The minimum absolute atomic E-state index is 0.801. The number of aromatic hydroxyl groups is 1. The van der Waals surface area contributed by atoms with Crippen LogP contribution in [0.25, 0.3) is 0 Å². The molecular formula is C15H26AlO+. The molecule has 17 heavy (non-hydrogen) atoms. The zero-order chi connectivity index (χ0) is 12.8. The molecule has 2 heteroatoms. The Bertz CT molecular complexity index is 323. The van der Waals surface area contributed by atoms with E-state index in [4.69, 9.17) is 0 Å². The van der Waals surface area contributed by atoms with Gasteiger partial charge in [0.2, 0.25) is 5.75 Å². The van der Waals surface area contributed by atoms with Crippen LogP contribution >= 0.6 is 0 Å². The van der Waals surface area contributed by atoms with E-state index in [0.29, 0.717) is 0 Å². The molecule has 0 aromatic heterocycles. The summed E-state index contributed by atoms with van der Waals surface area (Å²) in [6.45, 7) is 9.36. The van der Waals surface area contributed by atoms with E-state index in [-0.39, 0.29) is 0 Å². The number of rotatable bonds is 6. The van der Waals surface area contributed by atoms with Crippen molar-refractivity contribution in [1.29, 1.82) is 0 Å². The van der Waals surface area contributed by atoms with Gasteiger partial charge < -0.3 is 4.74 Å². The summed E-state index contributed by atoms with van der Waals surface area (Å²) in [6, 6.07) is 8.74. The number of hydrogen-bond donors (Lipinski definition) is 0. The Labute approximate surface area is 111 Å². The van der Waals surface area contributed by atoms with E-state index in [9.17, 15) is 0 Å². The molecule has 0 saturated carbocycles. The molecule has 1 N–H and O–H groups in total. The second-order valence-corrected chi connectivity index (χ2v) is 8.70. The highest BCUT2D eigenvalue weighted by molar-refractivity contribution is 6.74. The molecule has 0 aliphatic heterocycles. The highest BCUT2D eigenvalue weighted by atomic mass is 27.2. The third-order valence-corrected chi connectivity index (χ3v) is 7.52. The molecule has 0 fully saturated rings. The van der Waals surface area contributed by atoms with Crippen LogP contribution in [0.2, 0.25) is 10.6 Å². The zero-order valence-corrected chi connectivity index (χ0v) is 13.1. The summed E-state index contributed by atoms with van der Waals surface area (Å²) < 4.78 is 6.01. The lowest BCUT2D eigenvalue weighted by Gasteiger charge is -2.17. The van der Waals surface area contributed by atoms with Crippen molar-refractivity contribution in [3.05, 3.63) is 24.3 Å². The molecule has 1 aromatic rings. The molecule has 0 unspecified atom stereocenters. The first kappa shape index (κ1) is 14.6. The van der Waals surface area contributed by atoms with Crippen molar-refractivity contribution in [3.63, 3.8) is 0 Å². The van der Waals surface area contributed by atoms with Gasteiger partial charge in [-0.15, -0.1) is 0 Å². The summed E-state index contributed by atoms with van der Waals surface area (Å²) in [5, 5.41) is 2.79. The van der Waals surface area contributed by atoms with Crippen LogP contribution in [0.3, 0.4) is 0 Å². The van der Waals surface area contributed by atoms with Gasteiger partial charge in [0, 0.05) is 6.07 Å². The van der Waals surface area contributed by atoms with Gasteiger partial charge in [-0.05, 0) is 4.43 Å². The third-order valence-electron chi connectivity index (χ3n) is 3.13. The summed E-state index contributed by atoms with van der Waals surface area (Å²) in [6.07, 6.45) is 0. The van der Waals surface area contributed by atoms with Crippen LogP contribution in [0.4, 0.5) is 0 Å². The predicted molar refractivity (Wildman–Crippen MR) is 78.7 cm³/mol. The average molecular weight is 249 g/mol. The highest BCUT2D eigenvalue weighted by Crippen LogP contribution is 2.19. The van der Waals surface area contributed by atoms with Crippen LogP contribution in [-0.2, 0) is 0 Å². The molecule has 0 radical (unpaired) electrons. The molecular weight excluding hydrogens is 223 g/mol. The van der Waals surface area contributed by atoms with Gasteiger partial charge in [-0.25, -0.2) is 0 Å². The fraction of sp³-hybridized carbons (Fsp3) is 0.600. The number of ether oxygens (including phenoxy) is 1. The second kappa shape index (κ2) is 7.09. The molecule has 0 bridgehead atoms. The molecule has 0 amide bonds. The van der Waals surface area contributed by atoms with Crippen molar-refractivity contribution in [3.8, 4) is 5.75 Å². The molecule has 1 nitrogen and oxygen atoms in total. The van der Waals surface area contributed by atoms with E-state index in [1.165, 1.54) is 16.3 Å². The van der Waals surface area contributed by atoms with Crippen LogP contribution < -0.4 is 4.43 Å². The summed E-state index contributed by atoms with van der Waals surface area (Å²) in [7, 11) is 1.91. The maximum absolute atomic E-state index is 4.44. The topological polar surface area (TPSA) is 12.8 Å². The van der Waals surface area contributed by atoms with Gasteiger partial charge in [0.05, 0.1) is 0 Å². The van der Waals surface area contributed by atoms with Crippen LogP contribution in [0.5, 0.6) is 5.75 Å². The standard InChI is InChI=1S/C7H7O.2C4H9.Al/c1-8-7-5-3-2-4-6-7;2*1-4(2)3;/h2-5H,1H3;2*4H,1H2,2-3H3;/p+1. The fourth-order valence-electron chi connectivity index (χ4n) is 2.52. The van der Waals surface area contributed by atoms with Gasteiger partial charge in [0.15, 0.2) is 7.11 Å². The Kier molecular flexibility index (Phi) is 6.09. The Hall–Kier alpha value is -0.448. The normalized spacial score (nSPS) is 11.0. The average Bonchev–Trinajstić information content (AvgIpc) is 2.27. The predicted octanol–water partition coefficient (Wildman–Crippen LogP) is 3.57.